The van der Waals surface area contributed by atoms with Gasteiger partial charge in [0.25, 0.3) is 0 Å². The Balaban J connectivity index is 2.65. The van der Waals surface area contributed by atoms with Crippen LogP contribution in [0.15, 0.2) is 33.2 Å². The molecule has 0 saturated heterocycles. The van der Waals surface area contributed by atoms with Crippen molar-refractivity contribution in [2.75, 3.05) is 7.11 Å². The lowest BCUT2D eigenvalue weighted by molar-refractivity contribution is 0.404. The molecule has 1 atom stereocenters. The Morgan fingerprint density at radius 1 is 1.14 bits per heavy atom. The van der Waals surface area contributed by atoms with E-state index in [1.54, 1.807) is 7.11 Å². The van der Waals surface area contributed by atoms with Crippen molar-refractivity contribution in [1.82, 2.24) is 0 Å². The van der Waals surface area contributed by atoms with E-state index in [-0.39, 0.29) is 6.04 Å². The Morgan fingerprint density at radius 2 is 1.81 bits per heavy atom. The standard InChI is InChI=1S/C16H16Br2ClNO/c1-8-6-12(17)9(2)14(16(8)21-3)15(20)11-5-4-10(19)7-13(11)18/h4-7,15H,20H2,1-3H3. The quantitative estimate of drug-likeness (QED) is 0.690. The van der Waals surface area contributed by atoms with Crippen LogP contribution in [0.4, 0.5) is 0 Å². The van der Waals surface area contributed by atoms with Gasteiger partial charge in [0.05, 0.1) is 13.2 Å². The van der Waals surface area contributed by atoms with Gasteiger partial charge < -0.3 is 10.5 Å². The number of aryl methyl sites for hydroxylation is 1. The van der Waals surface area contributed by atoms with Gasteiger partial charge in [-0.25, -0.2) is 0 Å². The van der Waals surface area contributed by atoms with E-state index in [4.69, 9.17) is 22.1 Å². The predicted octanol–water partition coefficient (Wildman–Crippen LogP) is 5.54. The number of halogens is 3. The average molecular weight is 434 g/mol. The molecule has 112 valence electrons. The highest BCUT2D eigenvalue weighted by molar-refractivity contribution is 9.10. The van der Waals surface area contributed by atoms with Crippen LogP contribution < -0.4 is 10.5 Å². The molecule has 2 N–H and O–H groups in total. The van der Waals surface area contributed by atoms with Crippen LogP contribution in [-0.4, -0.2) is 7.11 Å². The molecule has 0 fully saturated rings. The summed E-state index contributed by atoms with van der Waals surface area (Å²) in [6.45, 7) is 4.04. The summed E-state index contributed by atoms with van der Waals surface area (Å²) in [4.78, 5) is 0. The molecule has 0 aromatic heterocycles. The lowest BCUT2D eigenvalue weighted by Gasteiger charge is -2.22. The molecule has 0 heterocycles. The third-order valence-corrected chi connectivity index (χ3v) is 5.27. The van der Waals surface area contributed by atoms with Crippen LogP contribution in [0, 0.1) is 13.8 Å². The second kappa shape index (κ2) is 6.69. The van der Waals surface area contributed by atoms with E-state index in [1.807, 2.05) is 38.1 Å². The van der Waals surface area contributed by atoms with Gasteiger partial charge in [-0.3, -0.25) is 0 Å². The van der Waals surface area contributed by atoms with Gasteiger partial charge in [-0.15, -0.1) is 0 Å². The summed E-state index contributed by atoms with van der Waals surface area (Å²) in [7, 11) is 1.67. The van der Waals surface area contributed by atoms with E-state index < -0.39 is 0 Å². The molecule has 2 aromatic carbocycles. The SMILES string of the molecule is COc1c(C)cc(Br)c(C)c1C(N)c1ccc(Cl)cc1Br. The van der Waals surface area contributed by atoms with Crippen molar-refractivity contribution in [3.8, 4) is 5.75 Å². The fourth-order valence-corrected chi connectivity index (χ4v) is 3.92. The molecule has 2 rings (SSSR count). The van der Waals surface area contributed by atoms with E-state index in [9.17, 15) is 0 Å². The largest absolute Gasteiger partial charge is 0.496 e. The van der Waals surface area contributed by atoms with Crippen LogP contribution in [0.2, 0.25) is 5.02 Å². The highest BCUT2D eigenvalue weighted by atomic mass is 79.9. The van der Waals surface area contributed by atoms with Crippen LogP contribution in [0.25, 0.3) is 0 Å². The summed E-state index contributed by atoms with van der Waals surface area (Å²) >= 11 is 13.1. The monoisotopic (exact) mass is 431 g/mol. The zero-order chi connectivity index (χ0) is 15.7. The molecule has 2 aromatic rings. The molecule has 0 bridgehead atoms. The minimum atomic E-state index is -0.303. The van der Waals surface area contributed by atoms with Crippen LogP contribution in [0.3, 0.4) is 0 Å². The van der Waals surface area contributed by atoms with E-state index in [0.717, 1.165) is 36.9 Å². The number of rotatable bonds is 3. The molecule has 0 saturated carbocycles. The third-order valence-electron chi connectivity index (χ3n) is 3.52. The van der Waals surface area contributed by atoms with Crippen molar-refractivity contribution >= 4 is 43.5 Å². The van der Waals surface area contributed by atoms with E-state index in [1.165, 1.54) is 0 Å². The Kier molecular flexibility index (Phi) is 5.36. The summed E-state index contributed by atoms with van der Waals surface area (Å²) in [5.74, 6) is 0.824. The number of benzene rings is 2. The lowest BCUT2D eigenvalue weighted by atomic mass is 9.93. The van der Waals surface area contributed by atoms with Gasteiger partial charge in [0.1, 0.15) is 5.75 Å². The van der Waals surface area contributed by atoms with Crippen molar-refractivity contribution in [1.29, 1.82) is 0 Å². The maximum atomic E-state index is 6.51. The molecule has 1 unspecified atom stereocenters. The fraction of sp³-hybridized carbons (Fsp3) is 0.250. The average Bonchev–Trinajstić information content (AvgIpc) is 2.41. The van der Waals surface area contributed by atoms with Crippen molar-refractivity contribution in [3.63, 3.8) is 0 Å². The molecule has 5 heteroatoms. The van der Waals surface area contributed by atoms with Gasteiger partial charge in [0.2, 0.25) is 0 Å². The molecular weight excluding hydrogens is 417 g/mol. The summed E-state index contributed by atoms with van der Waals surface area (Å²) in [5.41, 5.74) is 10.6. The maximum Gasteiger partial charge on any atom is 0.127 e. The minimum absolute atomic E-state index is 0.303. The first kappa shape index (κ1) is 16.8. The highest BCUT2D eigenvalue weighted by Crippen LogP contribution is 2.39. The number of hydrogen-bond donors (Lipinski definition) is 1. The van der Waals surface area contributed by atoms with Crippen molar-refractivity contribution in [3.05, 3.63) is 60.5 Å². The van der Waals surface area contributed by atoms with Crippen LogP contribution >= 0.6 is 43.5 Å². The molecule has 0 radical (unpaired) electrons. The Labute approximate surface area is 146 Å². The van der Waals surface area contributed by atoms with Gasteiger partial charge in [0, 0.05) is 19.5 Å². The number of hydrogen-bond acceptors (Lipinski definition) is 2. The minimum Gasteiger partial charge on any atom is -0.496 e. The molecule has 0 aliphatic heterocycles. The molecule has 0 spiro atoms. The second-order valence-corrected chi connectivity index (χ2v) is 7.04. The van der Waals surface area contributed by atoms with Crippen LogP contribution in [0.1, 0.15) is 28.3 Å². The lowest BCUT2D eigenvalue weighted by Crippen LogP contribution is -2.16. The predicted molar refractivity (Wildman–Crippen MR) is 95.4 cm³/mol. The second-order valence-electron chi connectivity index (χ2n) is 4.89. The number of methoxy groups -OCH3 is 1. The van der Waals surface area contributed by atoms with E-state index >= 15 is 0 Å². The fourth-order valence-electron chi connectivity index (χ4n) is 2.43. The smallest absolute Gasteiger partial charge is 0.127 e. The Hall–Kier alpha value is -0.550. The summed E-state index contributed by atoms with van der Waals surface area (Å²) in [6, 6.07) is 7.37. The Bertz CT molecular complexity index is 688. The highest BCUT2D eigenvalue weighted by Gasteiger charge is 2.22. The van der Waals surface area contributed by atoms with Gasteiger partial charge in [-0.1, -0.05) is 49.5 Å². The molecule has 0 aliphatic rings. The van der Waals surface area contributed by atoms with Crippen LogP contribution in [-0.2, 0) is 0 Å². The first-order chi connectivity index (χ1) is 9.86. The van der Waals surface area contributed by atoms with Crippen molar-refractivity contribution in [2.45, 2.75) is 19.9 Å². The van der Waals surface area contributed by atoms with Crippen LogP contribution in [0.5, 0.6) is 5.75 Å². The third kappa shape index (κ3) is 3.29. The Morgan fingerprint density at radius 3 is 2.38 bits per heavy atom. The van der Waals surface area contributed by atoms with Crippen molar-refractivity contribution in [2.24, 2.45) is 5.73 Å². The zero-order valence-electron chi connectivity index (χ0n) is 12.0. The summed E-state index contributed by atoms with van der Waals surface area (Å²) < 4.78 is 7.49. The molecule has 0 aliphatic carbocycles. The molecular formula is C16H16Br2ClNO. The first-order valence-corrected chi connectivity index (χ1v) is 8.37. The summed E-state index contributed by atoms with van der Waals surface area (Å²) in [5, 5.41) is 0.673. The summed E-state index contributed by atoms with van der Waals surface area (Å²) in [6.07, 6.45) is 0. The normalized spacial score (nSPS) is 12.3. The van der Waals surface area contributed by atoms with Crippen molar-refractivity contribution < 1.29 is 4.74 Å². The van der Waals surface area contributed by atoms with Gasteiger partial charge >= 0.3 is 0 Å². The van der Waals surface area contributed by atoms with E-state index in [0.29, 0.717) is 5.02 Å². The first-order valence-electron chi connectivity index (χ1n) is 6.41. The molecule has 21 heavy (non-hydrogen) atoms. The molecule has 2 nitrogen and oxygen atoms in total. The number of ether oxygens (including phenoxy) is 1. The topological polar surface area (TPSA) is 35.2 Å². The zero-order valence-corrected chi connectivity index (χ0v) is 15.9. The van der Waals surface area contributed by atoms with Gasteiger partial charge in [-0.2, -0.15) is 0 Å². The maximum absolute atomic E-state index is 6.51. The van der Waals surface area contributed by atoms with E-state index in [2.05, 4.69) is 31.9 Å². The number of nitrogens with two attached hydrogens (primary N) is 1. The van der Waals surface area contributed by atoms with Gasteiger partial charge in [-0.05, 0) is 48.7 Å². The van der Waals surface area contributed by atoms with Gasteiger partial charge in [0.15, 0.2) is 0 Å². The molecule has 0 amide bonds.